The summed E-state index contributed by atoms with van der Waals surface area (Å²) in [5, 5.41) is 10.7. The molecule has 1 heterocycles. The molecule has 1 aromatic rings. The number of fused-ring (bicyclic) bond motifs is 1. The van der Waals surface area contributed by atoms with Crippen molar-refractivity contribution in [2.45, 2.75) is 19.4 Å². The molecule has 2 rings (SSSR count). The highest BCUT2D eigenvalue weighted by atomic mass is 16.6. The van der Waals surface area contributed by atoms with E-state index in [0.29, 0.717) is 0 Å². The van der Waals surface area contributed by atoms with Gasteiger partial charge in [0, 0.05) is 30.4 Å². The molecule has 0 saturated heterocycles. The van der Waals surface area contributed by atoms with Crippen LogP contribution in [0.3, 0.4) is 0 Å². The number of nitrogens with zero attached hydrogens (tertiary/aromatic N) is 2. The first-order chi connectivity index (χ1) is 7.42. The van der Waals surface area contributed by atoms with E-state index in [1.54, 1.807) is 18.2 Å². The highest BCUT2D eigenvalue weighted by molar-refractivity contribution is 5.75. The Morgan fingerprint density at radius 1 is 1.38 bits per heavy atom. The maximum atomic E-state index is 10.7. The molecule has 4 nitrogen and oxygen atoms in total. The van der Waals surface area contributed by atoms with E-state index in [1.807, 2.05) is 13.1 Å². The van der Waals surface area contributed by atoms with E-state index >= 15 is 0 Å². The molecule has 0 amide bonds. The van der Waals surface area contributed by atoms with Crippen LogP contribution in [-0.4, -0.2) is 17.5 Å². The number of benzene rings is 1. The van der Waals surface area contributed by atoms with E-state index in [9.17, 15) is 10.1 Å². The molecule has 0 fully saturated rings. The number of rotatable bonds is 1. The Morgan fingerprint density at radius 3 is 2.69 bits per heavy atom. The molecule has 0 unspecified atom stereocenters. The molecular weight excluding hydrogens is 204 g/mol. The van der Waals surface area contributed by atoms with Crippen molar-refractivity contribution >= 4 is 17.5 Å². The molecule has 0 atom stereocenters. The van der Waals surface area contributed by atoms with Crippen LogP contribution < -0.4 is 4.90 Å². The van der Waals surface area contributed by atoms with Gasteiger partial charge in [-0.15, -0.1) is 0 Å². The Balaban J connectivity index is 2.52. The normalized spacial score (nSPS) is 17.1. The fourth-order valence-electron chi connectivity index (χ4n) is 1.81. The Kier molecular flexibility index (Phi) is 2.22. The predicted octanol–water partition coefficient (Wildman–Crippen LogP) is 2.84. The number of non-ortho nitro benzene ring substituents is 1. The van der Waals surface area contributed by atoms with E-state index in [1.165, 1.54) is 0 Å². The molecule has 1 aromatic carbocycles. The minimum Gasteiger partial charge on any atom is -0.366 e. The van der Waals surface area contributed by atoms with Gasteiger partial charge in [-0.05, 0) is 19.9 Å². The number of hydrogen-bond acceptors (Lipinski definition) is 3. The van der Waals surface area contributed by atoms with Gasteiger partial charge in [0.2, 0.25) is 0 Å². The van der Waals surface area contributed by atoms with Crippen LogP contribution >= 0.6 is 0 Å². The van der Waals surface area contributed by atoms with Gasteiger partial charge in [0.05, 0.1) is 10.5 Å². The first-order valence-corrected chi connectivity index (χ1v) is 5.13. The second kappa shape index (κ2) is 3.33. The van der Waals surface area contributed by atoms with Crippen LogP contribution in [0, 0.1) is 10.1 Å². The Bertz CT molecular complexity index is 478. The van der Waals surface area contributed by atoms with Crippen molar-refractivity contribution in [1.82, 2.24) is 0 Å². The van der Waals surface area contributed by atoms with Crippen LogP contribution in [0.15, 0.2) is 24.3 Å². The van der Waals surface area contributed by atoms with E-state index in [2.05, 4.69) is 24.8 Å². The second-order valence-corrected chi connectivity index (χ2v) is 4.55. The van der Waals surface area contributed by atoms with Crippen molar-refractivity contribution in [2.24, 2.45) is 0 Å². The van der Waals surface area contributed by atoms with Crippen molar-refractivity contribution in [3.8, 4) is 0 Å². The average Bonchev–Trinajstić information content (AvgIpc) is 2.23. The van der Waals surface area contributed by atoms with Gasteiger partial charge in [-0.3, -0.25) is 10.1 Å². The van der Waals surface area contributed by atoms with Crippen molar-refractivity contribution in [3.63, 3.8) is 0 Å². The Morgan fingerprint density at radius 2 is 2.06 bits per heavy atom. The molecule has 0 aromatic heterocycles. The summed E-state index contributed by atoms with van der Waals surface area (Å²) in [4.78, 5) is 12.4. The molecule has 84 valence electrons. The molecule has 0 aliphatic carbocycles. The zero-order chi connectivity index (χ0) is 11.9. The monoisotopic (exact) mass is 218 g/mol. The summed E-state index contributed by atoms with van der Waals surface area (Å²) in [6.45, 7) is 4.21. The molecule has 0 spiro atoms. The lowest BCUT2D eigenvalue weighted by Crippen LogP contribution is -2.41. The zero-order valence-electron chi connectivity index (χ0n) is 9.60. The lowest BCUT2D eigenvalue weighted by atomic mass is 9.94. The molecule has 0 N–H and O–H groups in total. The summed E-state index contributed by atoms with van der Waals surface area (Å²) in [7, 11) is 1.99. The molecular formula is C12H14N2O2. The third-order valence-electron chi connectivity index (χ3n) is 3.12. The van der Waals surface area contributed by atoms with Gasteiger partial charge < -0.3 is 4.90 Å². The lowest BCUT2D eigenvalue weighted by Gasteiger charge is -2.38. The third kappa shape index (κ3) is 1.56. The van der Waals surface area contributed by atoms with Crippen molar-refractivity contribution < 1.29 is 4.92 Å². The zero-order valence-corrected chi connectivity index (χ0v) is 9.60. The summed E-state index contributed by atoms with van der Waals surface area (Å²) in [5.41, 5.74) is 2.01. The van der Waals surface area contributed by atoms with Gasteiger partial charge in [-0.25, -0.2) is 0 Å². The minimum absolute atomic E-state index is 0.0524. The quantitative estimate of drug-likeness (QED) is 0.538. The number of nitro groups is 1. The predicted molar refractivity (Wildman–Crippen MR) is 64.6 cm³/mol. The first kappa shape index (κ1) is 10.7. The van der Waals surface area contributed by atoms with E-state index in [4.69, 9.17) is 0 Å². The summed E-state index contributed by atoms with van der Waals surface area (Å²) in [5.74, 6) is 0. The fourth-order valence-corrected chi connectivity index (χ4v) is 1.81. The van der Waals surface area contributed by atoms with Crippen molar-refractivity contribution in [3.05, 3.63) is 40.0 Å². The molecule has 0 radical (unpaired) electrons. The summed E-state index contributed by atoms with van der Waals surface area (Å²) >= 11 is 0. The molecule has 16 heavy (non-hydrogen) atoms. The highest BCUT2D eigenvalue weighted by Gasteiger charge is 2.26. The number of nitro benzene ring substituents is 1. The maximum Gasteiger partial charge on any atom is 0.270 e. The Labute approximate surface area is 94.3 Å². The van der Waals surface area contributed by atoms with Gasteiger partial charge >= 0.3 is 0 Å². The van der Waals surface area contributed by atoms with Crippen LogP contribution in [0.4, 0.5) is 11.4 Å². The first-order valence-electron chi connectivity index (χ1n) is 5.13. The van der Waals surface area contributed by atoms with Crippen LogP contribution in [0.25, 0.3) is 6.08 Å². The van der Waals surface area contributed by atoms with Crippen molar-refractivity contribution in [2.75, 3.05) is 11.9 Å². The number of anilines is 1. The third-order valence-corrected chi connectivity index (χ3v) is 3.12. The van der Waals surface area contributed by atoms with E-state index in [-0.39, 0.29) is 16.1 Å². The molecule has 0 saturated carbocycles. The SMILES string of the molecule is CN1c2ccc([N+](=O)[O-])cc2C=CC1(C)C. The standard InChI is InChI=1S/C12H14N2O2/c1-12(2)7-6-9-8-10(14(15)16)4-5-11(9)13(12)3/h4-8H,1-3H3. The van der Waals surface area contributed by atoms with Gasteiger partial charge in [0.15, 0.2) is 0 Å². The average molecular weight is 218 g/mol. The van der Waals surface area contributed by atoms with Crippen LogP contribution in [0.5, 0.6) is 0 Å². The number of hydrogen-bond donors (Lipinski definition) is 0. The maximum absolute atomic E-state index is 10.7. The van der Waals surface area contributed by atoms with Gasteiger partial charge in [0.1, 0.15) is 0 Å². The largest absolute Gasteiger partial charge is 0.366 e. The topological polar surface area (TPSA) is 46.4 Å². The van der Waals surface area contributed by atoms with Crippen LogP contribution in [-0.2, 0) is 0 Å². The lowest BCUT2D eigenvalue weighted by molar-refractivity contribution is -0.384. The molecule has 0 bridgehead atoms. The summed E-state index contributed by atoms with van der Waals surface area (Å²) in [6.07, 6.45) is 4.00. The van der Waals surface area contributed by atoms with Gasteiger partial charge in [-0.2, -0.15) is 0 Å². The van der Waals surface area contributed by atoms with Gasteiger partial charge in [-0.1, -0.05) is 12.2 Å². The second-order valence-electron chi connectivity index (χ2n) is 4.55. The molecule has 1 aliphatic rings. The minimum atomic E-state index is -0.367. The van der Waals surface area contributed by atoms with Crippen LogP contribution in [0.1, 0.15) is 19.4 Å². The fraction of sp³-hybridized carbons (Fsp3) is 0.333. The smallest absolute Gasteiger partial charge is 0.270 e. The van der Waals surface area contributed by atoms with Crippen molar-refractivity contribution in [1.29, 1.82) is 0 Å². The summed E-state index contributed by atoms with van der Waals surface area (Å²) in [6, 6.07) is 4.96. The molecule has 4 heteroatoms. The van der Waals surface area contributed by atoms with Crippen LogP contribution in [0.2, 0.25) is 0 Å². The van der Waals surface area contributed by atoms with E-state index < -0.39 is 0 Å². The Hall–Kier alpha value is -1.84. The number of likely N-dealkylation sites (N-methyl/N-ethyl adjacent to an activating group) is 1. The highest BCUT2D eigenvalue weighted by Crippen LogP contribution is 2.34. The van der Waals surface area contributed by atoms with Gasteiger partial charge in [0.25, 0.3) is 5.69 Å². The summed E-state index contributed by atoms with van der Waals surface area (Å²) < 4.78 is 0. The van der Waals surface area contributed by atoms with E-state index in [0.717, 1.165) is 11.3 Å². The molecule has 1 aliphatic heterocycles.